The summed E-state index contributed by atoms with van der Waals surface area (Å²) in [7, 11) is 0. The van der Waals surface area contributed by atoms with E-state index >= 15 is 0 Å². The van der Waals surface area contributed by atoms with Crippen LogP contribution in [0.1, 0.15) is 36.8 Å². The van der Waals surface area contributed by atoms with E-state index in [1.165, 1.54) is 10.5 Å². The van der Waals surface area contributed by atoms with E-state index in [4.69, 9.17) is 0 Å². The summed E-state index contributed by atoms with van der Waals surface area (Å²) in [6, 6.07) is 20.0. The fourth-order valence-electron chi connectivity index (χ4n) is 3.64. The summed E-state index contributed by atoms with van der Waals surface area (Å²) < 4.78 is 12.8. The lowest BCUT2D eigenvalue weighted by atomic mass is 10.1. The Balaban J connectivity index is 1.32. The molecule has 2 amide bonds. The Bertz CT molecular complexity index is 837. The standard InChI is InChI=1S/C24H29BrN2O3S/c25-22-23(29)27(24(22)31(30)18-20-14-8-4-9-15-20)17-21(28)26-16-10-2-1-5-11-19-12-6-3-7-13-19/h3-4,6-9,12-15,22,24H,1-2,5,10-11,16-18H2,(H,26,28)/t22-,24+,31?/m0/s1. The number of nitrogens with zero attached hydrogens (tertiary/aromatic N) is 1. The Morgan fingerprint density at radius 3 is 2.26 bits per heavy atom. The van der Waals surface area contributed by atoms with Crippen LogP contribution in [0.3, 0.4) is 0 Å². The highest BCUT2D eigenvalue weighted by Gasteiger charge is 2.53. The van der Waals surface area contributed by atoms with Crippen LogP contribution in [0, 0.1) is 0 Å². The summed E-state index contributed by atoms with van der Waals surface area (Å²) in [5.74, 6) is -0.0108. The van der Waals surface area contributed by atoms with Gasteiger partial charge in [-0.25, -0.2) is 0 Å². The average molecular weight is 505 g/mol. The number of hydrogen-bond acceptors (Lipinski definition) is 3. The highest BCUT2D eigenvalue weighted by atomic mass is 79.9. The van der Waals surface area contributed by atoms with Crippen LogP contribution in [0.25, 0.3) is 0 Å². The second kappa shape index (κ2) is 12.3. The molecule has 0 aliphatic carbocycles. The quantitative estimate of drug-likeness (QED) is 0.207. The van der Waals surface area contributed by atoms with Gasteiger partial charge in [-0.15, -0.1) is 0 Å². The molecule has 2 aromatic carbocycles. The van der Waals surface area contributed by atoms with Gasteiger partial charge in [-0.1, -0.05) is 89.4 Å². The van der Waals surface area contributed by atoms with Crippen molar-refractivity contribution in [3.05, 3.63) is 71.8 Å². The Morgan fingerprint density at radius 1 is 0.968 bits per heavy atom. The van der Waals surface area contributed by atoms with Gasteiger partial charge in [0.25, 0.3) is 0 Å². The van der Waals surface area contributed by atoms with Crippen molar-refractivity contribution in [2.45, 2.75) is 48.1 Å². The highest BCUT2D eigenvalue weighted by molar-refractivity contribution is 9.10. The molecule has 7 heteroatoms. The lowest BCUT2D eigenvalue weighted by Gasteiger charge is -2.43. The van der Waals surface area contributed by atoms with Crippen LogP contribution >= 0.6 is 15.9 Å². The summed E-state index contributed by atoms with van der Waals surface area (Å²) >= 11 is 2.05. The molecular weight excluding hydrogens is 476 g/mol. The van der Waals surface area contributed by atoms with Crippen LogP contribution in [0.15, 0.2) is 60.7 Å². The van der Waals surface area contributed by atoms with Crippen LogP contribution in [0.2, 0.25) is 0 Å². The van der Waals surface area contributed by atoms with Crippen molar-refractivity contribution < 1.29 is 14.1 Å². The lowest BCUT2D eigenvalue weighted by molar-refractivity contribution is -0.144. The predicted octanol–water partition coefficient (Wildman–Crippen LogP) is 3.79. The van der Waals surface area contributed by atoms with Crippen molar-refractivity contribution in [1.82, 2.24) is 10.2 Å². The molecule has 0 radical (unpaired) electrons. The number of hydrogen-bond donors (Lipinski definition) is 1. The fraction of sp³-hybridized carbons (Fsp3) is 0.417. The molecule has 0 bridgehead atoms. The average Bonchev–Trinajstić information content (AvgIpc) is 2.79. The number of nitrogens with one attached hydrogen (secondary N) is 1. The van der Waals surface area contributed by atoms with Gasteiger partial charge in [0, 0.05) is 12.1 Å². The fourth-order valence-corrected chi connectivity index (χ4v) is 6.45. The number of halogens is 1. The molecule has 1 fully saturated rings. The zero-order valence-electron chi connectivity index (χ0n) is 17.5. The Labute approximate surface area is 195 Å². The molecule has 3 rings (SSSR count). The SMILES string of the molecule is O=C(CN1C(=O)[C@H](Br)[C@H]1[S+]([O-])Cc1ccccc1)NCCCCCCc1ccccc1. The molecule has 1 aliphatic heterocycles. The van der Waals surface area contributed by atoms with Crippen molar-refractivity contribution >= 4 is 38.9 Å². The largest absolute Gasteiger partial charge is 0.614 e. The van der Waals surface area contributed by atoms with Gasteiger partial charge in [0.15, 0.2) is 4.83 Å². The highest BCUT2D eigenvalue weighted by Crippen LogP contribution is 2.32. The van der Waals surface area contributed by atoms with Crippen LogP contribution in [0.5, 0.6) is 0 Å². The van der Waals surface area contributed by atoms with Crippen LogP contribution in [0.4, 0.5) is 0 Å². The number of likely N-dealkylation sites (tertiary alicyclic amines) is 1. The molecule has 0 spiro atoms. The zero-order valence-corrected chi connectivity index (χ0v) is 19.9. The number of carbonyl (C=O) groups is 2. The molecule has 5 nitrogen and oxygen atoms in total. The number of β-lactam (4-membered cyclic amide) rings is 1. The van der Waals surface area contributed by atoms with Crippen molar-refractivity contribution in [1.29, 1.82) is 0 Å². The second-order valence-corrected chi connectivity index (χ2v) is 10.3. The first-order valence-electron chi connectivity index (χ1n) is 10.7. The zero-order chi connectivity index (χ0) is 22.1. The van der Waals surface area contributed by atoms with E-state index in [1.54, 1.807) is 0 Å². The molecule has 1 unspecified atom stereocenters. The second-order valence-electron chi connectivity index (χ2n) is 7.77. The van der Waals surface area contributed by atoms with Gasteiger partial charge in [0.2, 0.25) is 17.2 Å². The van der Waals surface area contributed by atoms with Gasteiger partial charge in [0.05, 0.1) is 0 Å². The molecule has 3 atom stereocenters. The Morgan fingerprint density at radius 2 is 1.58 bits per heavy atom. The van der Waals surface area contributed by atoms with Gasteiger partial charge in [0.1, 0.15) is 12.3 Å². The third-order valence-corrected chi connectivity index (χ3v) is 8.29. The maximum absolute atomic E-state index is 12.8. The van der Waals surface area contributed by atoms with E-state index in [2.05, 4.69) is 45.5 Å². The van der Waals surface area contributed by atoms with E-state index in [0.29, 0.717) is 12.3 Å². The first-order valence-corrected chi connectivity index (χ1v) is 13.0. The molecule has 0 aromatic heterocycles. The minimum absolute atomic E-state index is 0.0415. The smallest absolute Gasteiger partial charge is 0.247 e. The number of alkyl halides is 1. The summed E-state index contributed by atoms with van der Waals surface area (Å²) in [6.07, 6.45) is 5.32. The van der Waals surface area contributed by atoms with Gasteiger partial charge in [-0.05, 0) is 36.0 Å². The number of aryl methyl sites for hydroxylation is 1. The molecule has 1 aliphatic rings. The Hall–Kier alpha value is -1.83. The molecular formula is C24H29BrN2O3S. The molecule has 1 saturated heterocycles. The normalized spacial score (nSPS) is 19.0. The lowest BCUT2D eigenvalue weighted by Crippen LogP contribution is -2.67. The van der Waals surface area contributed by atoms with Crippen molar-refractivity contribution in [2.75, 3.05) is 13.1 Å². The number of carbonyl (C=O) groups excluding carboxylic acids is 2. The topological polar surface area (TPSA) is 72.5 Å². The maximum Gasteiger partial charge on any atom is 0.247 e. The summed E-state index contributed by atoms with van der Waals surface area (Å²) in [4.78, 5) is 25.4. The van der Waals surface area contributed by atoms with Gasteiger partial charge in [-0.3, -0.25) is 14.5 Å². The number of rotatable bonds is 12. The minimum Gasteiger partial charge on any atom is -0.614 e. The number of unbranched alkanes of at least 4 members (excludes halogenated alkanes) is 3. The van der Waals surface area contributed by atoms with Gasteiger partial charge in [-0.2, -0.15) is 0 Å². The number of benzene rings is 2. The molecule has 31 heavy (non-hydrogen) atoms. The molecule has 1 heterocycles. The van der Waals surface area contributed by atoms with Crippen molar-refractivity contribution in [3.63, 3.8) is 0 Å². The van der Waals surface area contributed by atoms with Gasteiger partial charge >= 0.3 is 0 Å². The maximum atomic E-state index is 12.8. The van der Waals surface area contributed by atoms with E-state index in [9.17, 15) is 14.1 Å². The summed E-state index contributed by atoms with van der Waals surface area (Å²) in [6.45, 7) is 0.557. The minimum atomic E-state index is -1.28. The van der Waals surface area contributed by atoms with E-state index in [1.807, 2.05) is 36.4 Å². The molecule has 2 aromatic rings. The van der Waals surface area contributed by atoms with E-state index in [-0.39, 0.29) is 18.4 Å². The summed E-state index contributed by atoms with van der Waals surface area (Å²) in [5, 5.41) is 2.41. The molecule has 0 saturated carbocycles. The first-order chi connectivity index (χ1) is 15.1. The first kappa shape index (κ1) is 23.8. The summed E-state index contributed by atoms with van der Waals surface area (Å²) in [5.41, 5.74) is 2.32. The van der Waals surface area contributed by atoms with E-state index < -0.39 is 21.4 Å². The van der Waals surface area contributed by atoms with Crippen molar-refractivity contribution in [2.24, 2.45) is 0 Å². The Kier molecular flexibility index (Phi) is 9.43. The molecule has 1 N–H and O–H groups in total. The monoisotopic (exact) mass is 504 g/mol. The third kappa shape index (κ3) is 7.09. The predicted molar refractivity (Wildman–Crippen MR) is 128 cm³/mol. The van der Waals surface area contributed by atoms with Crippen LogP contribution in [-0.2, 0) is 32.9 Å². The number of amides is 2. The third-order valence-electron chi connectivity index (χ3n) is 5.37. The van der Waals surface area contributed by atoms with Crippen molar-refractivity contribution in [3.8, 4) is 0 Å². The van der Waals surface area contributed by atoms with Crippen LogP contribution in [-0.4, -0.2) is 44.6 Å². The van der Waals surface area contributed by atoms with Crippen LogP contribution < -0.4 is 5.32 Å². The van der Waals surface area contributed by atoms with Gasteiger partial charge < -0.3 is 9.87 Å². The molecule has 166 valence electrons. The van der Waals surface area contributed by atoms with E-state index in [0.717, 1.165) is 37.7 Å².